The minimum absolute atomic E-state index is 0.129. The van der Waals surface area contributed by atoms with E-state index in [1.54, 1.807) is 6.92 Å². The summed E-state index contributed by atoms with van der Waals surface area (Å²) in [4.78, 5) is -0.371. The number of hydrogen-bond acceptors (Lipinski definition) is 4. The monoisotopic (exact) mass is 283 g/mol. The van der Waals surface area contributed by atoms with Crippen LogP contribution < -0.4 is 4.72 Å². The third-order valence-electron chi connectivity index (χ3n) is 1.73. The standard InChI is InChI=1S/C8H10ClNO4S2/c1-2-10-16(13,14)8-5-3-4-7(6-8)15(9,11)12/h3-6,10H,2H2,1H3. The third kappa shape index (κ3) is 3.18. The van der Waals surface area contributed by atoms with E-state index in [0.717, 1.165) is 6.07 Å². The van der Waals surface area contributed by atoms with E-state index < -0.39 is 19.1 Å². The van der Waals surface area contributed by atoms with Gasteiger partial charge >= 0.3 is 0 Å². The number of halogens is 1. The molecule has 90 valence electrons. The van der Waals surface area contributed by atoms with Crippen molar-refractivity contribution < 1.29 is 16.8 Å². The van der Waals surface area contributed by atoms with E-state index in [4.69, 9.17) is 10.7 Å². The molecule has 0 radical (unpaired) electrons. The van der Waals surface area contributed by atoms with E-state index in [9.17, 15) is 16.8 Å². The zero-order valence-electron chi connectivity index (χ0n) is 8.34. The summed E-state index contributed by atoms with van der Waals surface area (Å²) in [6, 6.07) is 4.86. The first-order chi connectivity index (χ1) is 7.27. The number of nitrogens with one attached hydrogen (secondary N) is 1. The lowest BCUT2D eigenvalue weighted by Gasteiger charge is -2.05. The van der Waals surface area contributed by atoms with Gasteiger partial charge in [0, 0.05) is 17.2 Å². The minimum atomic E-state index is -3.92. The molecule has 0 aliphatic rings. The first-order valence-corrected chi connectivity index (χ1v) is 8.11. The molecule has 1 aromatic carbocycles. The molecular weight excluding hydrogens is 274 g/mol. The lowest BCUT2D eigenvalue weighted by Crippen LogP contribution is -2.23. The molecule has 0 amide bonds. The Morgan fingerprint density at radius 2 is 1.75 bits per heavy atom. The van der Waals surface area contributed by atoms with Crippen LogP contribution in [0, 0.1) is 0 Å². The molecule has 0 aromatic heterocycles. The lowest BCUT2D eigenvalue weighted by atomic mass is 10.4. The van der Waals surface area contributed by atoms with Crippen molar-refractivity contribution in [3.63, 3.8) is 0 Å². The average Bonchev–Trinajstić information content (AvgIpc) is 2.16. The molecule has 1 N–H and O–H groups in total. The smallest absolute Gasteiger partial charge is 0.211 e. The number of benzene rings is 1. The molecule has 1 rings (SSSR count). The zero-order valence-corrected chi connectivity index (χ0v) is 10.7. The van der Waals surface area contributed by atoms with Crippen LogP contribution in [0.3, 0.4) is 0 Å². The van der Waals surface area contributed by atoms with E-state index in [1.807, 2.05) is 0 Å². The molecule has 0 aliphatic carbocycles. The van der Waals surface area contributed by atoms with Gasteiger partial charge in [0.15, 0.2) is 0 Å². The molecule has 0 spiro atoms. The van der Waals surface area contributed by atoms with Gasteiger partial charge in [-0.2, -0.15) is 0 Å². The Morgan fingerprint density at radius 1 is 1.19 bits per heavy atom. The summed E-state index contributed by atoms with van der Waals surface area (Å²) in [5, 5.41) is 0. The Bertz CT molecular complexity index is 580. The van der Waals surface area contributed by atoms with E-state index in [1.165, 1.54) is 18.2 Å². The van der Waals surface area contributed by atoms with E-state index in [2.05, 4.69) is 4.72 Å². The summed E-state index contributed by atoms with van der Waals surface area (Å²) in [5.41, 5.74) is 0. The van der Waals surface area contributed by atoms with E-state index in [-0.39, 0.29) is 16.3 Å². The predicted molar refractivity (Wildman–Crippen MR) is 60.3 cm³/mol. The minimum Gasteiger partial charge on any atom is -0.211 e. The van der Waals surface area contributed by atoms with Gasteiger partial charge in [0.05, 0.1) is 9.79 Å². The average molecular weight is 284 g/mol. The van der Waals surface area contributed by atoms with Crippen LogP contribution >= 0.6 is 10.7 Å². The van der Waals surface area contributed by atoms with Crippen molar-refractivity contribution >= 4 is 29.8 Å². The second kappa shape index (κ2) is 4.70. The van der Waals surface area contributed by atoms with Gasteiger partial charge in [0.2, 0.25) is 10.0 Å². The van der Waals surface area contributed by atoms with Crippen LogP contribution in [-0.2, 0) is 19.1 Å². The molecule has 0 aliphatic heterocycles. The third-order valence-corrected chi connectivity index (χ3v) is 4.63. The van der Waals surface area contributed by atoms with Crippen molar-refractivity contribution in [1.29, 1.82) is 0 Å². The number of hydrogen-bond donors (Lipinski definition) is 1. The topological polar surface area (TPSA) is 80.3 Å². The van der Waals surface area contributed by atoms with Gasteiger partial charge < -0.3 is 0 Å². The molecular formula is C8H10ClNO4S2. The summed E-state index contributed by atoms with van der Waals surface area (Å²) in [6.07, 6.45) is 0. The number of sulfonamides is 1. The van der Waals surface area contributed by atoms with Crippen LogP contribution in [0.15, 0.2) is 34.1 Å². The van der Waals surface area contributed by atoms with Gasteiger partial charge in [-0.1, -0.05) is 13.0 Å². The Balaban J connectivity index is 3.29. The molecule has 16 heavy (non-hydrogen) atoms. The van der Waals surface area contributed by atoms with Crippen molar-refractivity contribution in [3.05, 3.63) is 24.3 Å². The van der Waals surface area contributed by atoms with Crippen LogP contribution in [-0.4, -0.2) is 23.4 Å². The molecule has 0 saturated heterocycles. The molecule has 5 nitrogen and oxygen atoms in total. The summed E-state index contributed by atoms with van der Waals surface area (Å²) in [5.74, 6) is 0. The highest BCUT2D eigenvalue weighted by Gasteiger charge is 2.16. The van der Waals surface area contributed by atoms with Crippen molar-refractivity contribution in [2.75, 3.05) is 6.54 Å². The van der Waals surface area contributed by atoms with Gasteiger partial charge in [-0.3, -0.25) is 0 Å². The highest BCUT2D eigenvalue weighted by molar-refractivity contribution is 8.13. The fourth-order valence-corrected chi connectivity index (χ4v) is 3.02. The predicted octanol–water partition coefficient (Wildman–Crippen LogP) is 0.912. The van der Waals surface area contributed by atoms with Crippen molar-refractivity contribution in [3.8, 4) is 0 Å². The molecule has 1 aromatic rings. The van der Waals surface area contributed by atoms with Gasteiger partial charge in [-0.05, 0) is 18.2 Å². The zero-order chi connectivity index (χ0) is 12.4. The van der Waals surface area contributed by atoms with Crippen LogP contribution in [0.5, 0.6) is 0 Å². The Labute approximate surface area is 98.9 Å². The Hall–Kier alpha value is -0.630. The molecule has 0 heterocycles. The quantitative estimate of drug-likeness (QED) is 0.833. The highest BCUT2D eigenvalue weighted by atomic mass is 35.7. The largest absolute Gasteiger partial charge is 0.261 e. The first-order valence-electron chi connectivity index (χ1n) is 4.32. The van der Waals surface area contributed by atoms with Gasteiger partial charge in [0.25, 0.3) is 9.05 Å². The van der Waals surface area contributed by atoms with Gasteiger partial charge in [0.1, 0.15) is 0 Å². The molecule has 0 unspecified atom stereocenters. The molecule has 0 saturated carbocycles. The second-order valence-corrected chi connectivity index (χ2v) is 7.25. The van der Waals surface area contributed by atoms with Crippen LogP contribution in [0.4, 0.5) is 0 Å². The van der Waals surface area contributed by atoms with Crippen LogP contribution in [0.25, 0.3) is 0 Å². The molecule has 0 bridgehead atoms. The fourth-order valence-electron chi connectivity index (χ4n) is 1.07. The maximum atomic E-state index is 11.6. The van der Waals surface area contributed by atoms with Crippen molar-refractivity contribution in [2.45, 2.75) is 16.7 Å². The van der Waals surface area contributed by atoms with Crippen LogP contribution in [0.2, 0.25) is 0 Å². The van der Waals surface area contributed by atoms with Crippen molar-refractivity contribution in [1.82, 2.24) is 4.72 Å². The normalized spacial score (nSPS) is 12.6. The van der Waals surface area contributed by atoms with Gasteiger partial charge in [-0.15, -0.1) is 0 Å². The highest BCUT2D eigenvalue weighted by Crippen LogP contribution is 2.18. The summed E-state index contributed by atoms with van der Waals surface area (Å²) in [6.45, 7) is 1.85. The maximum absolute atomic E-state index is 11.6. The van der Waals surface area contributed by atoms with Crippen molar-refractivity contribution in [2.24, 2.45) is 0 Å². The SMILES string of the molecule is CCNS(=O)(=O)c1cccc(S(=O)(=O)Cl)c1. The lowest BCUT2D eigenvalue weighted by molar-refractivity contribution is 0.583. The summed E-state index contributed by atoms with van der Waals surface area (Å²) >= 11 is 0. The fraction of sp³-hybridized carbons (Fsp3) is 0.250. The van der Waals surface area contributed by atoms with Crippen LogP contribution in [0.1, 0.15) is 6.92 Å². The molecule has 0 fully saturated rings. The summed E-state index contributed by atoms with van der Waals surface area (Å²) < 4.78 is 47.4. The first kappa shape index (κ1) is 13.4. The van der Waals surface area contributed by atoms with E-state index in [0.29, 0.717) is 0 Å². The van der Waals surface area contributed by atoms with Gasteiger partial charge in [-0.25, -0.2) is 21.6 Å². The molecule has 0 atom stereocenters. The second-order valence-electron chi connectivity index (χ2n) is 2.91. The Kier molecular flexibility index (Phi) is 3.95. The maximum Gasteiger partial charge on any atom is 0.261 e. The molecule has 8 heteroatoms. The van der Waals surface area contributed by atoms with E-state index >= 15 is 0 Å². The number of rotatable bonds is 4. The Morgan fingerprint density at radius 3 is 2.25 bits per heavy atom. The summed E-state index contributed by atoms with van der Waals surface area (Å²) in [7, 11) is -2.47.